The molecule has 0 radical (unpaired) electrons. The van der Waals surface area contributed by atoms with E-state index in [4.69, 9.17) is 4.74 Å². The fourth-order valence-corrected chi connectivity index (χ4v) is 4.93. The van der Waals surface area contributed by atoms with Crippen LogP contribution in [-0.2, 0) is 6.42 Å². The average molecular weight is 514 g/mol. The number of fused-ring (bicyclic) bond motifs is 1. The summed E-state index contributed by atoms with van der Waals surface area (Å²) in [6.45, 7) is 8.73. The monoisotopic (exact) mass is 513 g/mol. The van der Waals surface area contributed by atoms with Crippen LogP contribution in [0.15, 0.2) is 102 Å². The topological polar surface area (TPSA) is 36.5 Å². The van der Waals surface area contributed by atoms with Crippen LogP contribution in [0.25, 0.3) is 5.57 Å². The van der Waals surface area contributed by atoms with Crippen LogP contribution in [0.4, 0.5) is 4.39 Å². The summed E-state index contributed by atoms with van der Waals surface area (Å²) in [4.78, 5) is 1.98. The lowest BCUT2D eigenvalue weighted by Gasteiger charge is -2.23. The molecule has 2 aromatic rings. The number of likely N-dealkylation sites (N-methyl/N-ethyl adjacent to an activating group) is 1. The highest BCUT2D eigenvalue weighted by molar-refractivity contribution is 5.87. The number of nitrogens with zero attached hydrogens (tertiary/aromatic N) is 1. The molecule has 0 saturated carbocycles. The number of hydrogen-bond donors (Lipinski definition) is 2. The van der Waals surface area contributed by atoms with Gasteiger partial charge in [-0.25, -0.2) is 4.39 Å². The third-order valence-corrected chi connectivity index (χ3v) is 7.12. The maximum Gasteiger partial charge on any atom is 0.142 e. The maximum absolute atomic E-state index is 14.8. The molecule has 0 atom stereocenters. The second-order valence-electron chi connectivity index (χ2n) is 9.93. The highest BCUT2D eigenvalue weighted by Gasteiger charge is 2.23. The number of halogens is 1. The van der Waals surface area contributed by atoms with Crippen LogP contribution in [0, 0.1) is 0 Å². The molecule has 2 aromatic carbocycles. The zero-order valence-corrected chi connectivity index (χ0v) is 22.9. The number of hydrogen-bond acceptors (Lipinski definition) is 4. The predicted octanol–water partition coefficient (Wildman–Crippen LogP) is 6.55. The Hall–Kier alpha value is -3.57. The van der Waals surface area contributed by atoms with E-state index in [-0.39, 0.29) is 5.83 Å². The first kappa shape index (κ1) is 27.5. The van der Waals surface area contributed by atoms with Gasteiger partial charge in [-0.1, -0.05) is 56.0 Å². The molecule has 0 aromatic heterocycles. The molecule has 4 nitrogen and oxygen atoms in total. The van der Waals surface area contributed by atoms with Crippen molar-refractivity contribution in [2.24, 2.45) is 0 Å². The molecule has 2 N–H and O–H groups in total. The third-order valence-electron chi connectivity index (χ3n) is 7.12. The lowest BCUT2D eigenvalue weighted by Crippen LogP contribution is -2.22. The molecular formula is C33H40FN3O. The van der Waals surface area contributed by atoms with E-state index in [0.717, 1.165) is 54.9 Å². The Bertz CT molecular complexity index is 1250. The molecule has 0 fully saturated rings. The van der Waals surface area contributed by atoms with E-state index in [1.807, 2.05) is 44.1 Å². The smallest absolute Gasteiger partial charge is 0.142 e. The van der Waals surface area contributed by atoms with Crippen LogP contribution in [0.1, 0.15) is 42.9 Å². The van der Waals surface area contributed by atoms with Gasteiger partial charge in [0.05, 0.1) is 0 Å². The zero-order valence-electron chi connectivity index (χ0n) is 22.9. The summed E-state index contributed by atoms with van der Waals surface area (Å²) in [6, 6.07) is 17.0. The Kier molecular flexibility index (Phi) is 9.61. The molecule has 1 aliphatic heterocycles. The number of ether oxygens (including phenoxy) is 1. The Morgan fingerprint density at radius 2 is 1.92 bits per heavy atom. The van der Waals surface area contributed by atoms with Crippen molar-refractivity contribution in [2.75, 3.05) is 40.3 Å². The lowest BCUT2D eigenvalue weighted by molar-refractivity contribution is 0.316. The predicted molar refractivity (Wildman–Crippen MR) is 157 cm³/mol. The Morgan fingerprint density at radius 3 is 2.66 bits per heavy atom. The zero-order chi connectivity index (χ0) is 26.9. The molecule has 200 valence electrons. The standard InChI is InChI=1S/C33H40FN3O/c1-5-32-31(34)22-27(23-36-32)30-14-8-12-25-11-6-7-13-29(25)33(30)26-15-17-28(18-16-26)38-21-20-35-19-9-10-24(2)37(3)4/h6-7,9-11,13,15-18,22,35-36H,2,5,8,12,14,19-21,23H2,1,3-4H3/b10-9+. The number of dihydropyridines is 1. The quantitative estimate of drug-likeness (QED) is 0.264. The van der Waals surface area contributed by atoms with Gasteiger partial charge in [-0.15, -0.1) is 0 Å². The van der Waals surface area contributed by atoms with Gasteiger partial charge in [0.2, 0.25) is 0 Å². The van der Waals surface area contributed by atoms with Gasteiger partial charge in [-0.3, -0.25) is 0 Å². The van der Waals surface area contributed by atoms with Crippen LogP contribution >= 0.6 is 0 Å². The van der Waals surface area contributed by atoms with E-state index in [0.29, 0.717) is 25.3 Å². The molecule has 0 bridgehead atoms. The fraction of sp³-hybridized carbons (Fsp3) is 0.333. The number of aryl methyl sites for hydroxylation is 1. The van der Waals surface area contributed by atoms with Gasteiger partial charge in [-0.2, -0.15) is 0 Å². The summed E-state index contributed by atoms with van der Waals surface area (Å²) in [5.41, 5.74) is 8.88. The first-order chi connectivity index (χ1) is 18.5. The van der Waals surface area contributed by atoms with Crippen molar-refractivity contribution >= 4 is 5.57 Å². The van der Waals surface area contributed by atoms with Crippen LogP contribution in [0.3, 0.4) is 0 Å². The van der Waals surface area contributed by atoms with Gasteiger partial charge in [0, 0.05) is 45.1 Å². The minimum absolute atomic E-state index is 0.145. The molecule has 1 heterocycles. The van der Waals surface area contributed by atoms with E-state index in [2.05, 4.69) is 59.7 Å². The van der Waals surface area contributed by atoms with Crippen molar-refractivity contribution in [1.29, 1.82) is 0 Å². The second-order valence-corrected chi connectivity index (χ2v) is 9.93. The van der Waals surface area contributed by atoms with E-state index in [9.17, 15) is 4.39 Å². The molecule has 0 spiro atoms. The molecule has 5 heteroatoms. The first-order valence-corrected chi connectivity index (χ1v) is 13.6. The number of benzene rings is 2. The molecule has 0 saturated heterocycles. The average Bonchev–Trinajstić information content (AvgIpc) is 3.12. The van der Waals surface area contributed by atoms with Crippen molar-refractivity contribution in [3.63, 3.8) is 0 Å². The number of allylic oxidation sites excluding steroid dienone is 4. The highest BCUT2D eigenvalue weighted by Crippen LogP contribution is 2.39. The summed E-state index contributed by atoms with van der Waals surface area (Å²) in [5, 5.41) is 6.67. The number of nitrogens with one attached hydrogen (secondary N) is 2. The summed E-state index contributed by atoms with van der Waals surface area (Å²) in [5.74, 6) is 0.699. The van der Waals surface area contributed by atoms with Gasteiger partial charge < -0.3 is 20.3 Å². The molecule has 1 aliphatic carbocycles. The van der Waals surface area contributed by atoms with Crippen molar-refractivity contribution in [3.05, 3.63) is 118 Å². The van der Waals surface area contributed by atoms with E-state index < -0.39 is 0 Å². The Balaban J connectivity index is 1.50. The summed E-state index contributed by atoms with van der Waals surface area (Å²) < 4.78 is 20.8. The van der Waals surface area contributed by atoms with Crippen LogP contribution in [0.2, 0.25) is 0 Å². The highest BCUT2D eigenvalue weighted by atomic mass is 19.1. The Morgan fingerprint density at radius 1 is 1.13 bits per heavy atom. The SMILES string of the molecule is C=C(/C=C/CNCCOc1ccc(C2=C(C3=CC(F)=C(CC)NC3)CCCc3ccccc32)cc1)N(C)C. The summed E-state index contributed by atoms with van der Waals surface area (Å²) >= 11 is 0. The molecule has 2 aliphatic rings. The molecule has 4 rings (SSSR count). The van der Waals surface area contributed by atoms with Crippen LogP contribution in [-0.4, -0.2) is 45.2 Å². The van der Waals surface area contributed by atoms with E-state index >= 15 is 0 Å². The number of rotatable bonds is 11. The van der Waals surface area contributed by atoms with Crippen molar-refractivity contribution in [1.82, 2.24) is 15.5 Å². The molecular weight excluding hydrogens is 473 g/mol. The van der Waals surface area contributed by atoms with Gasteiger partial charge >= 0.3 is 0 Å². The summed E-state index contributed by atoms with van der Waals surface area (Å²) in [7, 11) is 3.96. The summed E-state index contributed by atoms with van der Waals surface area (Å²) in [6.07, 6.45) is 9.48. The normalized spacial score (nSPS) is 15.6. The minimum Gasteiger partial charge on any atom is -0.492 e. The van der Waals surface area contributed by atoms with E-state index in [1.54, 1.807) is 6.08 Å². The first-order valence-electron chi connectivity index (χ1n) is 13.6. The van der Waals surface area contributed by atoms with Crippen molar-refractivity contribution in [3.8, 4) is 5.75 Å². The van der Waals surface area contributed by atoms with Crippen LogP contribution < -0.4 is 15.4 Å². The van der Waals surface area contributed by atoms with Gasteiger partial charge in [0.25, 0.3) is 0 Å². The minimum atomic E-state index is -0.145. The van der Waals surface area contributed by atoms with Crippen molar-refractivity contribution in [2.45, 2.75) is 32.6 Å². The van der Waals surface area contributed by atoms with Gasteiger partial charge in [-0.05, 0) is 83.4 Å². The van der Waals surface area contributed by atoms with Crippen LogP contribution in [0.5, 0.6) is 5.75 Å². The molecule has 38 heavy (non-hydrogen) atoms. The molecule has 0 unspecified atom stereocenters. The van der Waals surface area contributed by atoms with Gasteiger partial charge in [0.1, 0.15) is 18.2 Å². The maximum atomic E-state index is 14.8. The fourth-order valence-electron chi connectivity index (χ4n) is 4.93. The second kappa shape index (κ2) is 13.3. The Labute approximate surface area is 227 Å². The lowest BCUT2D eigenvalue weighted by atomic mass is 9.87. The largest absolute Gasteiger partial charge is 0.492 e. The molecule has 0 amide bonds. The van der Waals surface area contributed by atoms with E-state index in [1.165, 1.54) is 22.3 Å². The van der Waals surface area contributed by atoms with Gasteiger partial charge in [0.15, 0.2) is 0 Å². The van der Waals surface area contributed by atoms with Crippen molar-refractivity contribution < 1.29 is 9.13 Å². The third kappa shape index (κ3) is 6.84.